The topological polar surface area (TPSA) is 75.4 Å². The highest BCUT2D eigenvalue weighted by atomic mass is 35.5. The van der Waals surface area contributed by atoms with Crippen LogP contribution in [0.1, 0.15) is 39.5 Å². The van der Waals surface area contributed by atoms with Crippen LogP contribution in [0.15, 0.2) is 0 Å². The summed E-state index contributed by atoms with van der Waals surface area (Å²) in [7, 11) is 0. The average molecular weight is 292 g/mol. The molecular formula is C13H26ClN3O2. The van der Waals surface area contributed by atoms with Crippen LogP contribution < -0.4 is 11.1 Å². The molecule has 1 aliphatic heterocycles. The van der Waals surface area contributed by atoms with E-state index in [9.17, 15) is 9.59 Å². The molecule has 112 valence electrons. The van der Waals surface area contributed by atoms with Crippen molar-refractivity contribution in [3.05, 3.63) is 0 Å². The zero-order valence-electron chi connectivity index (χ0n) is 11.9. The number of hydrogen-bond acceptors (Lipinski definition) is 3. The fourth-order valence-corrected chi connectivity index (χ4v) is 1.94. The maximum absolute atomic E-state index is 11.8. The van der Waals surface area contributed by atoms with Crippen LogP contribution in [0.4, 0.5) is 0 Å². The Bertz CT molecular complexity index is 290. The second-order valence-electron chi connectivity index (χ2n) is 5.43. The van der Waals surface area contributed by atoms with E-state index in [1.54, 1.807) is 4.90 Å². The zero-order chi connectivity index (χ0) is 13.5. The summed E-state index contributed by atoms with van der Waals surface area (Å²) < 4.78 is 0. The van der Waals surface area contributed by atoms with Gasteiger partial charge in [0.25, 0.3) is 0 Å². The fourth-order valence-electron chi connectivity index (χ4n) is 1.94. The molecule has 2 amide bonds. The first-order valence-electron chi connectivity index (χ1n) is 6.79. The SMILES string of the molecule is CC(C)CCC(=O)NCC(=O)N1CCC(N)CC1.Cl. The van der Waals surface area contributed by atoms with Gasteiger partial charge in [-0.3, -0.25) is 9.59 Å². The van der Waals surface area contributed by atoms with Crippen LogP contribution in [0.2, 0.25) is 0 Å². The van der Waals surface area contributed by atoms with Gasteiger partial charge in [0.1, 0.15) is 0 Å². The molecule has 3 N–H and O–H groups in total. The van der Waals surface area contributed by atoms with Crippen molar-refractivity contribution in [1.29, 1.82) is 0 Å². The van der Waals surface area contributed by atoms with Crippen molar-refractivity contribution in [1.82, 2.24) is 10.2 Å². The lowest BCUT2D eigenvalue weighted by atomic mass is 10.1. The van der Waals surface area contributed by atoms with Crippen LogP contribution in [0.5, 0.6) is 0 Å². The molecular weight excluding hydrogens is 266 g/mol. The van der Waals surface area contributed by atoms with E-state index in [4.69, 9.17) is 5.73 Å². The number of nitrogens with one attached hydrogen (secondary N) is 1. The molecule has 6 heteroatoms. The van der Waals surface area contributed by atoms with Crippen molar-refractivity contribution in [3.8, 4) is 0 Å². The quantitative estimate of drug-likeness (QED) is 0.790. The van der Waals surface area contributed by atoms with Crippen LogP contribution in [-0.2, 0) is 9.59 Å². The molecule has 19 heavy (non-hydrogen) atoms. The number of amides is 2. The monoisotopic (exact) mass is 291 g/mol. The van der Waals surface area contributed by atoms with Crippen molar-refractivity contribution >= 4 is 24.2 Å². The molecule has 0 aliphatic carbocycles. The van der Waals surface area contributed by atoms with Gasteiger partial charge in [-0.05, 0) is 25.2 Å². The number of piperidine rings is 1. The molecule has 1 heterocycles. The van der Waals surface area contributed by atoms with E-state index in [0.717, 1.165) is 19.3 Å². The Morgan fingerprint density at radius 2 is 1.89 bits per heavy atom. The minimum Gasteiger partial charge on any atom is -0.347 e. The van der Waals surface area contributed by atoms with E-state index in [2.05, 4.69) is 19.2 Å². The summed E-state index contributed by atoms with van der Waals surface area (Å²) in [5.41, 5.74) is 5.78. The number of nitrogens with two attached hydrogens (primary N) is 1. The van der Waals surface area contributed by atoms with Gasteiger partial charge in [-0.2, -0.15) is 0 Å². The standard InChI is InChI=1S/C13H25N3O2.ClH/c1-10(2)3-4-12(17)15-9-13(18)16-7-5-11(14)6-8-16;/h10-11H,3-9,14H2,1-2H3,(H,15,17);1H. The summed E-state index contributed by atoms with van der Waals surface area (Å²) in [6.07, 6.45) is 3.06. The Labute approximate surface area is 121 Å². The van der Waals surface area contributed by atoms with E-state index < -0.39 is 0 Å². The van der Waals surface area contributed by atoms with Gasteiger partial charge < -0.3 is 16.0 Å². The number of hydrogen-bond donors (Lipinski definition) is 2. The normalized spacial score (nSPS) is 16.1. The van der Waals surface area contributed by atoms with Gasteiger partial charge in [0.05, 0.1) is 6.54 Å². The third-order valence-electron chi connectivity index (χ3n) is 3.28. The fraction of sp³-hybridized carbons (Fsp3) is 0.846. The predicted molar refractivity (Wildman–Crippen MR) is 78.1 cm³/mol. The number of carbonyl (C=O) groups excluding carboxylic acids is 2. The summed E-state index contributed by atoms with van der Waals surface area (Å²) >= 11 is 0. The van der Waals surface area contributed by atoms with Gasteiger partial charge in [-0.1, -0.05) is 13.8 Å². The Balaban J connectivity index is 0.00000324. The van der Waals surface area contributed by atoms with Crippen LogP contribution in [0, 0.1) is 5.92 Å². The van der Waals surface area contributed by atoms with E-state index in [-0.39, 0.29) is 36.8 Å². The van der Waals surface area contributed by atoms with Crippen molar-refractivity contribution in [2.75, 3.05) is 19.6 Å². The number of carbonyl (C=O) groups is 2. The second-order valence-corrected chi connectivity index (χ2v) is 5.43. The van der Waals surface area contributed by atoms with Crippen molar-refractivity contribution in [3.63, 3.8) is 0 Å². The van der Waals surface area contributed by atoms with Gasteiger partial charge in [0.15, 0.2) is 0 Å². The largest absolute Gasteiger partial charge is 0.347 e. The lowest BCUT2D eigenvalue weighted by Gasteiger charge is -2.30. The molecule has 0 atom stereocenters. The molecule has 0 radical (unpaired) electrons. The first-order chi connectivity index (χ1) is 8.49. The third kappa shape index (κ3) is 7.38. The summed E-state index contributed by atoms with van der Waals surface area (Å²) in [6.45, 7) is 5.70. The molecule has 0 saturated carbocycles. The number of halogens is 1. The highest BCUT2D eigenvalue weighted by Crippen LogP contribution is 2.08. The highest BCUT2D eigenvalue weighted by Gasteiger charge is 2.20. The van der Waals surface area contributed by atoms with Crippen LogP contribution >= 0.6 is 12.4 Å². The molecule has 0 aromatic rings. The van der Waals surface area contributed by atoms with E-state index in [1.165, 1.54) is 0 Å². The smallest absolute Gasteiger partial charge is 0.241 e. The maximum atomic E-state index is 11.8. The first kappa shape index (κ1) is 18.2. The molecule has 5 nitrogen and oxygen atoms in total. The molecule has 1 rings (SSSR count). The Kier molecular flexibility index (Phi) is 8.76. The summed E-state index contributed by atoms with van der Waals surface area (Å²) in [4.78, 5) is 25.1. The lowest BCUT2D eigenvalue weighted by Crippen LogP contribution is -2.46. The molecule has 1 saturated heterocycles. The van der Waals surface area contributed by atoms with E-state index in [1.807, 2.05) is 0 Å². The highest BCUT2D eigenvalue weighted by molar-refractivity contribution is 5.85. The summed E-state index contributed by atoms with van der Waals surface area (Å²) in [5.74, 6) is 0.473. The number of likely N-dealkylation sites (tertiary alicyclic amines) is 1. The zero-order valence-corrected chi connectivity index (χ0v) is 12.7. The molecule has 0 spiro atoms. The van der Waals surface area contributed by atoms with Crippen molar-refractivity contribution in [2.24, 2.45) is 11.7 Å². The summed E-state index contributed by atoms with van der Waals surface area (Å²) in [6, 6.07) is 0.217. The molecule has 0 bridgehead atoms. The van der Waals surface area contributed by atoms with Gasteiger partial charge >= 0.3 is 0 Å². The van der Waals surface area contributed by atoms with E-state index in [0.29, 0.717) is 25.4 Å². The number of rotatable bonds is 5. The Morgan fingerprint density at radius 1 is 1.32 bits per heavy atom. The first-order valence-corrected chi connectivity index (χ1v) is 6.79. The maximum Gasteiger partial charge on any atom is 0.241 e. The van der Waals surface area contributed by atoms with Crippen molar-refractivity contribution in [2.45, 2.75) is 45.6 Å². The van der Waals surface area contributed by atoms with Gasteiger partial charge in [0.2, 0.25) is 11.8 Å². The third-order valence-corrected chi connectivity index (χ3v) is 3.28. The Morgan fingerprint density at radius 3 is 2.42 bits per heavy atom. The van der Waals surface area contributed by atoms with Gasteiger partial charge in [0, 0.05) is 25.6 Å². The average Bonchev–Trinajstić information content (AvgIpc) is 2.34. The van der Waals surface area contributed by atoms with Crippen molar-refractivity contribution < 1.29 is 9.59 Å². The predicted octanol–water partition coefficient (Wildman–Crippen LogP) is 0.910. The van der Waals surface area contributed by atoms with Gasteiger partial charge in [-0.15, -0.1) is 12.4 Å². The van der Waals surface area contributed by atoms with Crippen LogP contribution in [0.25, 0.3) is 0 Å². The number of nitrogens with zero attached hydrogens (tertiary/aromatic N) is 1. The Hall–Kier alpha value is -0.810. The molecule has 0 unspecified atom stereocenters. The molecule has 1 aliphatic rings. The second kappa shape index (κ2) is 9.15. The van der Waals surface area contributed by atoms with Crippen LogP contribution in [-0.4, -0.2) is 42.4 Å². The van der Waals surface area contributed by atoms with Gasteiger partial charge in [-0.25, -0.2) is 0 Å². The minimum atomic E-state index is -0.0363. The molecule has 0 aromatic carbocycles. The molecule has 1 fully saturated rings. The lowest BCUT2D eigenvalue weighted by molar-refractivity contribution is -0.133. The van der Waals surface area contributed by atoms with E-state index >= 15 is 0 Å². The summed E-state index contributed by atoms with van der Waals surface area (Å²) in [5, 5.41) is 2.68. The minimum absolute atomic E-state index is 0. The van der Waals surface area contributed by atoms with Crippen LogP contribution in [0.3, 0.4) is 0 Å². The molecule has 0 aromatic heterocycles.